The standard InChI is InChI=1S/C55H45NS/c1-54(2)48-15-6-3-10-42(48)44-24-22-39(31-50(44)54)56(38-20-18-35(19-21-38)41-13-9-14-47-46-12-5-8-17-52(46)57-53(41)47)40-23-25-45-43-11-4-7-16-49(43)55(51(45)32-40)36-27-33-26-34(29-36)30-37(55)28-33/h3-25,31-34,36-37H,26-30H2,1-2H3. The molecule has 2 heteroatoms. The Kier molecular flexibility index (Phi) is 6.63. The van der Waals surface area contributed by atoms with E-state index in [-0.39, 0.29) is 10.8 Å². The summed E-state index contributed by atoms with van der Waals surface area (Å²) >= 11 is 1.91. The second-order valence-electron chi connectivity index (χ2n) is 18.5. The van der Waals surface area contributed by atoms with Crippen LogP contribution in [0.4, 0.5) is 17.1 Å². The van der Waals surface area contributed by atoms with Gasteiger partial charge in [0, 0.05) is 48.1 Å². The molecule has 276 valence electrons. The number of benzene rings is 7. The van der Waals surface area contributed by atoms with Crippen LogP contribution in [-0.2, 0) is 10.8 Å². The molecule has 1 aromatic heterocycles. The molecular weight excluding hydrogens is 707 g/mol. The minimum absolute atomic E-state index is 0.0790. The van der Waals surface area contributed by atoms with Crippen molar-refractivity contribution in [1.29, 1.82) is 0 Å². The normalized spacial score (nSPS) is 24.2. The average Bonchev–Trinajstić information content (AvgIpc) is 3.84. The lowest BCUT2D eigenvalue weighted by Gasteiger charge is -2.61. The fraction of sp³-hybridized carbons (Fsp3) is 0.236. The molecule has 0 radical (unpaired) electrons. The predicted octanol–water partition coefficient (Wildman–Crippen LogP) is 15.2. The molecule has 7 aromatic carbocycles. The third-order valence-corrected chi connectivity index (χ3v) is 16.7. The summed E-state index contributed by atoms with van der Waals surface area (Å²) < 4.78 is 2.71. The predicted molar refractivity (Wildman–Crippen MR) is 240 cm³/mol. The van der Waals surface area contributed by atoms with Crippen LogP contribution >= 0.6 is 11.3 Å². The molecule has 8 aromatic rings. The monoisotopic (exact) mass is 751 g/mol. The molecule has 4 bridgehead atoms. The van der Waals surface area contributed by atoms with E-state index in [1.807, 2.05) is 11.3 Å². The highest BCUT2D eigenvalue weighted by molar-refractivity contribution is 7.26. The quantitative estimate of drug-likeness (QED) is 0.173. The van der Waals surface area contributed by atoms with Crippen LogP contribution in [0.5, 0.6) is 0 Å². The number of hydrogen-bond acceptors (Lipinski definition) is 2. The van der Waals surface area contributed by atoms with Gasteiger partial charge in [-0.3, -0.25) is 0 Å². The lowest BCUT2D eigenvalue weighted by atomic mass is 9.43. The lowest BCUT2D eigenvalue weighted by Crippen LogP contribution is -2.55. The van der Waals surface area contributed by atoms with E-state index in [0.717, 1.165) is 23.7 Å². The summed E-state index contributed by atoms with van der Waals surface area (Å²) in [4.78, 5) is 2.57. The Bertz CT molecular complexity index is 2930. The Morgan fingerprint density at radius 3 is 1.74 bits per heavy atom. The summed E-state index contributed by atoms with van der Waals surface area (Å²) in [7, 11) is 0. The maximum atomic E-state index is 2.65. The van der Waals surface area contributed by atoms with Gasteiger partial charge in [0.25, 0.3) is 0 Å². The van der Waals surface area contributed by atoms with Gasteiger partial charge < -0.3 is 4.90 Å². The molecule has 6 aliphatic rings. The van der Waals surface area contributed by atoms with E-state index in [9.17, 15) is 0 Å². The Morgan fingerprint density at radius 2 is 1.00 bits per heavy atom. The molecule has 57 heavy (non-hydrogen) atoms. The van der Waals surface area contributed by atoms with Crippen LogP contribution in [0.2, 0.25) is 0 Å². The van der Waals surface area contributed by atoms with Gasteiger partial charge in [0.05, 0.1) is 0 Å². The molecule has 4 fully saturated rings. The van der Waals surface area contributed by atoms with Crippen LogP contribution in [0, 0.1) is 23.7 Å². The second-order valence-corrected chi connectivity index (χ2v) is 19.6. The summed E-state index contributed by atoms with van der Waals surface area (Å²) in [5, 5.41) is 2.69. The molecule has 14 rings (SSSR count). The molecule has 6 aliphatic carbocycles. The summed E-state index contributed by atoms with van der Waals surface area (Å²) in [5.74, 6) is 3.31. The van der Waals surface area contributed by atoms with E-state index >= 15 is 0 Å². The van der Waals surface area contributed by atoms with E-state index in [2.05, 4.69) is 170 Å². The van der Waals surface area contributed by atoms with E-state index < -0.39 is 0 Å². The molecule has 4 saturated carbocycles. The number of thiophene rings is 1. The number of anilines is 3. The van der Waals surface area contributed by atoms with Crippen LogP contribution in [0.1, 0.15) is 68.2 Å². The summed E-state index contributed by atoms with van der Waals surface area (Å²) in [6.45, 7) is 4.80. The fourth-order valence-electron chi connectivity index (χ4n) is 13.3. The van der Waals surface area contributed by atoms with Gasteiger partial charge >= 0.3 is 0 Å². The molecular formula is C55H45NS. The summed E-state index contributed by atoms with van der Waals surface area (Å²) in [5.41, 5.74) is 18.0. The first kappa shape index (κ1) is 32.6. The van der Waals surface area contributed by atoms with Crippen molar-refractivity contribution in [3.05, 3.63) is 174 Å². The average molecular weight is 752 g/mol. The molecule has 0 atom stereocenters. The Morgan fingerprint density at radius 1 is 0.456 bits per heavy atom. The molecule has 0 N–H and O–H groups in total. The smallest absolute Gasteiger partial charge is 0.0465 e. The van der Waals surface area contributed by atoms with Gasteiger partial charge in [-0.25, -0.2) is 0 Å². The van der Waals surface area contributed by atoms with E-state index in [1.165, 1.54) is 114 Å². The van der Waals surface area contributed by atoms with E-state index in [1.54, 1.807) is 11.1 Å². The summed E-state index contributed by atoms with van der Waals surface area (Å²) in [6, 6.07) is 58.4. The summed E-state index contributed by atoms with van der Waals surface area (Å²) in [6.07, 6.45) is 7.04. The number of nitrogens with zero attached hydrogens (tertiary/aromatic N) is 1. The van der Waals surface area contributed by atoms with Crippen molar-refractivity contribution in [3.63, 3.8) is 0 Å². The van der Waals surface area contributed by atoms with Crippen molar-refractivity contribution in [2.45, 2.75) is 56.8 Å². The molecule has 0 aliphatic heterocycles. The van der Waals surface area contributed by atoms with Crippen LogP contribution < -0.4 is 4.90 Å². The van der Waals surface area contributed by atoms with Gasteiger partial charge in [-0.05, 0) is 154 Å². The third-order valence-electron chi connectivity index (χ3n) is 15.5. The highest BCUT2D eigenvalue weighted by Gasteiger charge is 2.61. The minimum atomic E-state index is -0.0790. The van der Waals surface area contributed by atoms with Crippen molar-refractivity contribution in [2.24, 2.45) is 23.7 Å². The molecule has 1 nitrogen and oxygen atoms in total. The fourth-order valence-corrected chi connectivity index (χ4v) is 14.6. The molecule has 0 saturated heterocycles. The lowest BCUT2D eigenvalue weighted by molar-refractivity contribution is -0.0399. The largest absolute Gasteiger partial charge is 0.310 e. The first-order valence-electron chi connectivity index (χ1n) is 21.3. The van der Waals surface area contributed by atoms with Crippen LogP contribution in [-0.4, -0.2) is 0 Å². The van der Waals surface area contributed by atoms with E-state index in [0.29, 0.717) is 0 Å². The highest BCUT2D eigenvalue weighted by Crippen LogP contribution is 2.69. The van der Waals surface area contributed by atoms with Gasteiger partial charge in [-0.1, -0.05) is 123 Å². The maximum Gasteiger partial charge on any atom is 0.0465 e. The Balaban J connectivity index is 0.993. The van der Waals surface area contributed by atoms with Gasteiger partial charge in [-0.2, -0.15) is 0 Å². The zero-order valence-electron chi connectivity index (χ0n) is 32.6. The Hall–Kier alpha value is -5.44. The van der Waals surface area contributed by atoms with Crippen LogP contribution in [0.25, 0.3) is 53.6 Å². The van der Waals surface area contributed by atoms with Crippen molar-refractivity contribution < 1.29 is 0 Å². The zero-order chi connectivity index (χ0) is 37.6. The van der Waals surface area contributed by atoms with Crippen molar-refractivity contribution in [1.82, 2.24) is 0 Å². The first-order valence-corrected chi connectivity index (χ1v) is 22.1. The van der Waals surface area contributed by atoms with Gasteiger partial charge in [0.15, 0.2) is 0 Å². The van der Waals surface area contributed by atoms with Gasteiger partial charge in [0.1, 0.15) is 0 Å². The number of rotatable bonds is 4. The highest BCUT2D eigenvalue weighted by atomic mass is 32.1. The first-order chi connectivity index (χ1) is 28.0. The topological polar surface area (TPSA) is 3.24 Å². The molecule has 0 unspecified atom stereocenters. The number of fused-ring (bicyclic) bond motifs is 9. The molecule has 0 amide bonds. The van der Waals surface area contributed by atoms with Crippen molar-refractivity contribution >= 4 is 48.6 Å². The zero-order valence-corrected chi connectivity index (χ0v) is 33.5. The van der Waals surface area contributed by atoms with E-state index in [4.69, 9.17) is 0 Å². The molecule has 1 spiro atoms. The maximum absolute atomic E-state index is 2.65. The van der Waals surface area contributed by atoms with Crippen molar-refractivity contribution in [3.8, 4) is 33.4 Å². The minimum Gasteiger partial charge on any atom is -0.310 e. The number of hydrogen-bond donors (Lipinski definition) is 0. The van der Waals surface area contributed by atoms with Crippen molar-refractivity contribution in [2.75, 3.05) is 4.90 Å². The second kappa shape index (κ2) is 11.6. The Labute approximate surface area is 339 Å². The SMILES string of the molecule is CC1(C)c2ccccc2-c2ccc(N(c3ccc(-c4cccc5c4sc4ccccc45)cc3)c3ccc4c(c3)C3(c5ccccc5-4)C4CC5CC(C4)CC3C5)cc21. The van der Waals surface area contributed by atoms with Crippen LogP contribution in [0.3, 0.4) is 0 Å². The third kappa shape index (κ3) is 4.35. The van der Waals surface area contributed by atoms with Gasteiger partial charge in [-0.15, -0.1) is 11.3 Å². The van der Waals surface area contributed by atoms with Gasteiger partial charge in [0.2, 0.25) is 0 Å². The van der Waals surface area contributed by atoms with Crippen LogP contribution in [0.15, 0.2) is 152 Å². The molecule has 1 heterocycles.